The highest BCUT2D eigenvalue weighted by molar-refractivity contribution is 6.22. The molecule has 5 heteroatoms. The monoisotopic (exact) mass is 260 g/mol. The molecule has 0 aliphatic carbocycles. The van der Waals surface area contributed by atoms with E-state index in [9.17, 15) is 14.4 Å². The van der Waals surface area contributed by atoms with Crippen LogP contribution in [0.2, 0.25) is 0 Å². The highest BCUT2D eigenvalue weighted by Gasteiger charge is 2.53. The van der Waals surface area contributed by atoms with Gasteiger partial charge in [0.15, 0.2) is 5.41 Å². The van der Waals surface area contributed by atoms with Gasteiger partial charge in [0.2, 0.25) is 5.91 Å². The highest BCUT2D eigenvalue weighted by Crippen LogP contribution is 2.34. The molecular weight excluding hydrogens is 244 g/mol. The van der Waals surface area contributed by atoms with Crippen molar-refractivity contribution in [3.05, 3.63) is 35.9 Å². The lowest BCUT2D eigenvalue weighted by Gasteiger charge is -2.38. The third-order valence-corrected chi connectivity index (χ3v) is 3.47. The van der Waals surface area contributed by atoms with Crippen LogP contribution in [-0.4, -0.2) is 29.8 Å². The Kier molecular flexibility index (Phi) is 3.38. The van der Waals surface area contributed by atoms with Crippen LogP contribution in [0.1, 0.15) is 25.3 Å². The predicted molar refractivity (Wildman–Crippen MR) is 69.3 cm³/mol. The second-order valence-corrected chi connectivity index (χ2v) is 4.64. The van der Waals surface area contributed by atoms with Crippen LogP contribution in [0.25, 0.3) is 0 Å². The zero-order chi connectivity index (χ0) is 14.0. The average molecular weight is 260 g/mol. The number of nitrogens with one attached hydrogen (secondary N) is 1. The quantitative estimate of drug-likeness (QED) is 0.836. The number of barbiturate groups is 1. The molecule has 100 valence electrons. The molecule has 0 spiro atoms. The number of urea groups is 1. The van der Waals surface area contributed by atoms with Crippen molar-refractivity contribution in [1.82, 2.24) is 10.2 Å². The first kappa shape index (κ1) is 13.3. The molecule has 0 radical (unpaired) electrons. The summed E-state index contributed by atoms with van der Waals surface area (Å²) < 4.78 is 0. The summed E-state index contributed by atoms with van der Waals surface area (Å²) in [7, 11) is 1.39. The molecule has 1 aromatic carbocycles. The number of nitrogens with zero attached hydrogens (tertiary/aromatic N) is 1. The molecule has 5 nitrogen and oxygen atoms in total. The zero-order valence-electron chi connectivity index (χ0n) is 11.0. The summed E-state index contributed by atoms with van der Waals surface area (Å²) in [6, 6.07) is 8.21. The molecule has 1 unspecified atom stereocenters. The van der Waals surface area contributed by atoms with Crippen molar-refractivity contribution in [3.63, 3.8) is 0 Å². The first-order valence-electron chi connectivity index (χ1n) is 6.23. The van der Waals surface area contributed by atoms with Gasteiger partial charge < -0.3 is 0 Å². The van der Waals surface area contributed by atoms with Crippen molar-refractivity contribution < 1.29 is 14.4 Å². The van der Waals surface area contributed by atoms with Crippen molar-refractivity contribution >= 4 is 17.8 Å². The number of amides is 4. The van der Waals surface area contributed by atoms with Crippen LogP contribution in [0.5, 0.6) is 0 Å². The molecule has 1 atom stereocenters. The Hall–Kier alpha value is -2.17. The molecule has 1 aliphatic rings. The summed E-state index contributed by atoms with van der Waals surface area (Å²) in [4.78, 5) is 37.3. The minimum atomic E-state index is -1.29. The van der Waals surface area contributed by atoms with Crippen LogP contribution >= 0.6 is 0 Å². The van der Waals surface area contributed by atoms with Gasteiger partial charge in [0.05, 0.1) is 0 Å². The summed E-state index contributed by atoms with van der Waals surface area (Å²) in [5.74, 6) is -0.997. The third kappa shape index (κ3) is 1.91. The van der Waals surface area contributed by atoms with E-state index in [-0.39, 0.29) is 0 Å². The van der Waals surface area contributed by atoms with E-state index in [0.29, 0.717) is 18.4 Å². The van der Waals surface area contributed by atoms with Crippen molar-refractivity contribution in [2.45, 2.75) is 25.2 Å². The normalized spacial score (nSPS) is 23.5. The van der Waals surface area contributed by atoms with Gasteiger partial charge in [0, 0.05) is 7.05 Å². The maximum Gasteiger partial charge on any atom is 0.330 e. The third-order valence-electron chi connectivity index (χ3n) is 3.47. The topological polar surface area (TPSA) is 66.5 Å². The van der Waals surface area contributed by atoms with Crippen molar-refractivity contribution in [1.29, 1.82) is 0 Å². The van der Waals surface area contributed by atoms with Gasteiger partial charge in [-0.3, -0.25) is 19.8 Å². The molecule has 1 fully saturated rings. The van der Waals surface area contributed by atoms with Gasteiger partial charge >= 0.3 is 6.03 Å². The Bertz CT molecular complexity index is 527. The number of benzene rings is 1. The summed E-state index contributed by atoms with van der Waals surface area (Å²) >= 11 is 0. The number of rotatable bonds is 3. The Balaban J connectivity index is 2.58. The number of carbonyl (C=O) groups is 3. The fourth-order valence-corrected chi connectivity index (χ4v) is 2.48. The van der Waals surface area contributed by atoms with E-state index in [1.165, 1.54) is 7.05 Å². The van der Waals surface area contributed by atoms with Crippen LogP contribution in [0.15, 0.2) is 30.3 Å². The Morgan fingerprint density at radius 3 is 2.37 bits per heavy atom. The van der Waals surface area contributed by atoms with Crippen LogP contribution in [0, 0.1) is 0 Å². The molecule has 0 bridgehead atoms. The SMILES string of the molecule is CCCC1(c2ccccc2)C(=O)NC(=O)N(C)C1=O. The van der Waals surface area contributed by atoms with Crippen molar-refractivity contribution in [3.8, 4) is 0 Å². The van der Waals surface area contributed by atoms with Gasteiger partial charge in [0.25, 0.3) is 5.91 Å². The minimum absolute atomic E-state index is 0.374. The van der Waals surface area contributed by atoms with E-state index in [4.69, 9.17) is 0 Å². The molecule has 0 aromatic heterocycles. The lowest BCUT2D eigenvalue weighted by atomic mass is 9.73. The van der Waals surface area contributed by atoms with E-state index >= 15 is 0 Å². The van der Waals surface area contributed by atoms with E-state index in [2.05, 4.69) is 5.32 Å². The number of hydrogen-bond acceptors (Lipinski definition) is 3. The Morgan fingerprint density at radius 2 is 1.79 bits per heavy atom. The fraction of sp³-hybridized carbons (Fsp3) is 0.357. The van der Waals surface area contributed by atoms with Gasteiger partial charge in [-0.25, -0.2) is 4.79 Å². The molecule has 1 aromatic rings. The zero-order valence-corrected chi connectivity index (χ0v) is 11.0. The highest BCUT2D eigenvalue weighted by atomic mass is 16.2. The molecule has 1 aliphatic heterocycles. The first-order chi connectivity index (χ1) is 9.04. The van der Waals surface area contributed by atoms with Crippen LogP contribution < -0.4 is 5.32 Å². The smallest absolute Gasteiger partial charge is 0.276 e. The van der Waals surface area contributed by atoms with Crippen molar-refractivity contribution in [2.75, 3.05) is 7.05 Å². The fourth-order valence-electron chi connectivity index (χ4n) is 2.48. The van der Waals surface area contributed by atoms with E-state index in [1.54, 1.807) is 24.3 Å². The Morgan fingerprint density at radius 1 is 1.16 bits per heavy atom. The van der Waals surface area contributed by atoms with Crippen LogP contribution in [-0.2, 0) is 15.0 Å². The molecule has 1 saturated heterocycles. The Labute approximate surface area is 111 Å². The number of carbonyl (C=O) groups excluding carboxylic acids is 3. The molecule has 0 saturated carbocycles. The lowest BCUT2D eigenvalue weighted by Crippen LogP contribution is -2.64. The standard InChI is InChI=1S/C14H16N2O3/c1-3-9-14(10-7-5-4-6-8-10)11(17)15-13(19)16(2)12(14)18/h4-8H,3,9H2,1-2H3,(H,15,17,19). The van der Waals surface area contributed by atoms with E-state index in [1.807, 2.05) is 13.0 Å². The second kappa shape index (κ2) is 4.84. The van der Waals surface area contributed by atoms with E-state index < -0.39 is 23.3 Å². The van der Waals surface area contributed by atoms with Crippen molar-refractivity contribution in [2.24, 2.45) is 0 Å². The average Bonchev–Trinajstić information content (AvgIpc) is 2.42. The van der Waals surface area contributed by atoms with Crippen LogP contribution in [0.3, 0.4) is 0 Å². The molecule has 2 rings (SSSR count). The maximum absolute atomic E-state index is 12.5. The molecular formula is C14H16N2O3. The molecule has 1 heterocycles. The lowest BCUT2D eigenvalue weighted by molar-refractivity contribution is -0.145. The maximum atomic E-state index is 12.5. The molecule has 1 N–H and O–H groups in total. The summed E-state index contributed by atoms with van der Waals surface area (Å²) in [5, 5.41) is 2.26. The number of imide groups is 2. The summed E-state index contributed by atoms with van der Waals surface area (Å²) in [5.41, 5.74) is -0.669. The largest absolute Gasteiger partial charge is 0.330 e. The summed E-state index contributed by atoms with van der Waals surface area (Å²) in [6.07, 6.45) is 1.04. The van der Waals surface area contributed by atoms with Crippen LogP contribution in [0.4, 0.5) is 4.79 Å². The number of likely N-dealkylation sites (N-methyl/N-ethyl adjacent to an activating group) is 1. The van der Waals surface area contributed by atoms with Gasteiger partial charge in [-0.2, -0.15) is 0 Å². The minimum Gasteiger partial charge on any atom is -0.276 e. The molecule has 19 heavy (non-hydrogen) atoms. The van der Waals surface area contributed by atoms with Gasteiger partial charge in [0.1, 0.15) is 0 Å². The van der Waals surface area contributed by atoms with Gasteiger partial charge in [-0.15, -0.1) is 0 Å². The number of hydrogen-bond donors (Lipinski definition) is 1. The first-order valence-corrected chi connectivity index (χ1v) is 6.23. The predicted octanol–water partition coefficient (Wildman–Crippen LogP) is 1.43. The second-order valence-electron chi connectivity index (χ2n) is 4.64. The molecule has 4 amide bonds. The van der Waals surface area contributed by atoms with Gasteiger partial charge in [-0.05, 0) is 12.0 Å². The van der Waals surface area contributed by atoms with Gasteiger partial charge in [-0.1, -0.05) is 43.7 Å². The van der Waals surface area contributed by atoms with E-state index in [0.717, 1.165) is 4.90 Å². The summed E-state index contributed by atoms with van der Waals surface area (Å²) in [6.45, 7) is 1.90.